The summed E-state index contributed by atoms with van der Waals surface area (Å²) in [5.74, 6) is 0.163. The molecular formula is C14H17ClO5. The molecule has 1 aromatic rings. The van der Waals surface area contributed by atoms with E-state index in [0.717, 1.165) is 0 Å². The summed E-state index contributed by atoms with van der Waals surface area (Å²) in [6.07, 6.45) is -2.05. The molecule has 0 aromatic heterocycles. The third kappa shape index (κ3) is 2.61. The zero-order chi connectivity index (χ0) is 14.9. The van der Waals surface area contributed by atoms with E-state index in [1.165, 1.54) is 7.11 Å². The van der Waals surface area contributed by atoms with Crippen LogP contribution < -0.4 is 4.74 Å². The van der Waals surface area contributed by atoms with Crippen LogP contribution in [0.2, 0.25) is 5.02 Å². The van der Waals surface area contributed by atoms with Gasteiger partial charge in [-0.2, -0.15) is 0 Å². The van der Waals surface area contributed by atoms with E-state index in [9.17, 15) is 9.90 Å². The van der Waals surface area contributed by atoms with E-state index in [1.807, 2.05) is 6.92 Å². The fraction of sp³-hybridized carbons (Fsp3) is 0.500. The van der Waals surface area contributed by atoms with Crippen molar-refractivity contribution in [2.45, 2.75) is 31.7 Å². The Hall–Kier alpha value is -1.30. The molecule has 0 aliphatic carbocycles. The number of ether oxygens (including phenoxy) is 3. The number of carbonyl (C=O) groups excluding carboxylic acids is 1. The highest BCUT2D eigenvalue weighted by Crippen LogP contribution is 2.45. The van der Waals surface area contributed by atoms with Crippen LogP contribution in [0.4, 0.5) is 0 Å². The summed E-state index contributed by atoms with van der Waals surface area (Å²) in [6.45, 7) is 1.83. The van der Waals surface area contributed by atoms with Crippen LogP contribution in [0.1, 0.15) is 36.7 Å². The van der Waals surface area contributed by atoms with Gasteiger partial charge in [0.1, 0.15) is 11.9 Å². The molecule has 0 amide bonds. The van der Waals surface area contributed by atoms with Gasteiger partial charge in [0.15, 0.2) is 0 Å². The number of halogens is 1. The number of aliphatic hydroxyl groups is 1. The van der Waals surface area contributed by atoms with Crippen molar-refractivity contribution in [1.29, 1.82) is 0 Å². The fourth-order valence-electron chi connectivity index (χ4n) is 2.49. The minimum atomic E-state index is -0.997. The van der Waals surface area contributed by atoms with Gasteiger partial charge in [-0.15, -0.1) is 0 Å². The summed E-state index contributed by atoms with van der Waals surface area (Å²) < 4.78 is 15.6. The molecule has 110 valence electrons. The van der Waals surface area contributed by atoms with Crippen LogP contribution in [0.5, 0.6) is 5.75 Å². The average Bonchev–Trinajstić information content (AvgIpc) is 2.44. The molecule has 0 unspecified atom stereocenters. The first-order valence-corrected chi connectivity index (χ1v) is 6.64. The zero-order valence-electron chi connectivity index (χ0n) is 11.6. The molecule has 0 spiro atoms. The molecule has 0 radical (unpaired) electrons. The highest BCUT2D eigenvalue weighted by atomic mass is 35.5. The van der Waals surface area contributed by atoms with Crippen molar-refractivity contribution in [2.24, 2.45) is 0 Å². The Labute approximate surface area is 122 Å². The van der Waals surface area contributed by atoms with Crippen molar-refractivity contribution in [3.05, 3.63) is 28.3 Å². The maximum absolute atomic E-state index is 11.4. The van der Waals surface area contributed by atoms with Crippen LogP contribution in [-0.2, 0) is 14.3 Å². The molecule has 0 saturated heterocycles. The molecule has 20 heavy (non-hydrogen) atoms. The largest absolute Gasteiger partial charge is 0.496 e. The van der Waals surface area contributed by atoms with Crippen molar-refractivity contribution < 1.29 is 24.1 Å². The van der Waals surface area contributed by atoms with Crippen molar-refractivity contribution >= 4 is 17.6 Å². The summed E-state index contributed by atoms with van der Waals surface area (Å²) >= 11 is 6.18. The smallest absolute Gasteiger partial charge is 0.308 e. The minimum absolute atomic E-state index is 0.0328. The van der Waals surface area contributed by atoms with Crippen molar-refractivity contribution in [3.63, 3.8) is 0 Å². The standard InChI is InChI=1S/C14H17ClO5/c1-7-12-9(18-2)5-4-8(15)13(12)14(17)10(20-7)6-11(16)19-3/h4-5,7,10,14,17H,6H2,1-3H3/t7-,10+,14-/m0/s1. The van der Waals surface area contributed by atoms with E-state index in [4.69, 9.17) is 21.1 Å². The second-order valence-electron chi connectivity index (χ2n) is 4.62. The summed E-state index contributed by atoms with van der Waals surface area (Å²) in [6, 6.07) is 3.39. The number of hydrogen-bond donors (Lipinski definition) is 1. The number of esters is 1. The van der Waals surface area contributed by atoms with E-state index >= 15 is 0 Å². The number of methoxy groups -OCH3 is 2. The number of rotatable bonds is 3. The molecule has 1 N–H and O–H groups in total. The molecular weight excluding hydrogens is 284 g/mol. The maximum atomic E-state index is 11.4. The molecule has 1 aliphatic heterocycles. The van der Waals surface area contributed by atoms with Crippen LogP contribution in [0, 0.1) is 0 Å². The van der Waals surface area contributed by atoms with Gasteiger partial charge in [-0.05, 0) is 19.1 Å². The molecule has 3 atom stereocenters. The summed E-state index contributed by atoms with van der Waals surface area (Å²) in [4.78, 5) is 11.4. The van der Waals surface area contributed by atoms with E-state index in [0.29, 0.717) is 21.9 Å². The SMILES string of the molecule is COC(=O)C[C@H]1O[C@@H](C)c2c(OC)ccc(Cl)c2[C@H]1O. The second-order valence-corrected chi connectivity index (χ2v) is 5.03. The summed E-state index contributed by atoms with van der Waals surface area (Å²) in [5, 5.41) is 10.8. The van der Waals surface area contributed by atoms with Gasteiger partial charge in [-0.1, -0.05) is 11.6 Å². The van der Waals surface area contributed by atoms with Crippen LogP contribution in [0.3, 0.4) is 0 Å². The summed E-state index contributed by atoms with van der Waals surface area (Å²) in [5.41, 5.74) is 1.27. The topological polar surface area (TPSA) is 65.0 Å². The first-order chi connectivity index (χ1) is 9.49. The predicted molar refractivity (Wildman–Crippen MR) is 72.9 cm³/mol. The monoisotopic (exact) mass is 300 g/mol. The third-order valence-corrected chi connectivity index (χ3v) is 3.77. The lowest BCUT2D eigenvalue weighted by atomic mass is 9.90. The Kier molecular flexibility index (Phi) is 4.52. The molecule has 5 nitrogen and oxygen atoms in total. The van der Waals surface area contributed by atoms with Crippen LogP contribution in [-0.4, -0.2) is 31.4 Å². The van der Waals surface area contributed by atoms with Gasteiger partial charge in [-0.3, -0.25) is 4.79 Å². The van der Waals surface area contributed by atoms with Gasteiger partial charge >= 0.3 is 5.97 Å². The van der Waals surface area contributed by atoms with E-state index < -0.39 is 18.2 Å². The first kappa shape index (κ1) is 15.1. The van der Waals surface area contributed by atoms with Gasteiger partial charge in [0.05, 0.1) is 32.8 Å². The third-order valence-electron chi connectivity index (χ3n) is 3.44. The van der Waals surface area contributed by atoms with Crippen LogP contribution >= 0.6 is 11.6 Å². The van der Waals surface area contributed by atoms with Crippen molar-refractivity contribution in [3.8, 4) is 5.75 Å². The van der Waals surface area contributed by atoms with E-state index in [2.05, 4.69) is 4.74 Å². The molecule has 0 bridgehead atoms. The lowest BCUT2D eigenvalue weighted by Crippen LogP contribution is -2.32. The Morgan fingerprint density at radius 3 is 2.70 bits per heavy atom. The minimum Gasteiger partial charge on any atom is -0.496 e. The molecule has 1 heterocycles. The van der Waals surface area contributed by atoms with Gasteiger partial charge in [-0.25, -0.2) is 0 Å². The average molecular weight is 301 g/mol. The number of benzene rings is 1. The lowest BCUT2D eigenvalue weighted by molar-refractivity contribution is -0.151. The predicted octanol–water partition coefficient (Wildman–Crippen LogP) is 2.40. The van der Waals surface area contributed by atoms with Gasteiger partial charge in [0.2, 0.25) is 0 Å². The van der Waals surface area contributed by atoms with Crippen molar-refractivity contribution in [2.75, 3.05) is 14.2 Å². The second kappa shape index (κ2) is 5.99. The maximum Gasteiger partial charge on any atom is 0.308 e. The normalized spacial score (nSPS) is 24.9. The van der Waals surface area contributed by atoms with Gasteiger partial charge in [0, 0.05) is 16.1 Å². The number of carbonyl (C=O) groups is 1. The fourth-order valence-corrected chi connectivity index (χ4v) is 2.76. The molecule has 1 aliphatic rings. The van der Waals surface area contributed by atoms with Gasteiger partial charge < -0.3 is 19.3 Å². The molecule has 2 rings (SSSR count). The highest BCUT2D eigenvalue weighted by Gasteiger charge is 2.37. The Morgan fingerprint density at radius 1 is 1.40 bits per heavy atom. The number of hydrogen-bond acceptors (Lipinski definition) is 5. The Bertz CT molecular complexity index is 517. The molecule has 1 aromatic carbocycles. The Morgan fingerprint density at radius 2 is 2.10 bits per heavy atom. The van der Waals surface area contributed by atoms with Gasteiger partial charge in [0.25, 0.3) is 0 Å². The molecule has 0 fully saturated rings. The first-order valence-electron chi connectivity index (χ1n) is 6.26. The number of aliphatic hydroxyl groups excluding tert-OH is 1. The van der Waals surface area contributed by atoms with E-state index in [-0.39, 0.29) is 12.5 Å². The van der Waals surface area contributed by atoms with Crippen LogP contribution in [0.15, 0.2) is 12.1 Å². The lowest BCUT2D eigenvalue weighted by Gasteiger charge is -2.35. The Balaban J connectivity index is 2.42. The van der Waals surface area contributed by atoms with Crippen molar-refractivity contribution in [1.82, 2.24) is 0 Å². The molecule has 6 heteroatoms. The molecule has 0 saturated carbocycles. The van der Waals surface area contributed by atoms with Crippen LogP contribution in [0.25, 0.3) is 0 Å². The number of fused-ring (bicyclic) bond motifs is 1. The highest BCUT2D eigenvalue weighted by molar-refractivity contribution is 6.31. The quantitative estimate of drug-likeness (QED) is 0.868. The van der Waals surface area contributed by atoms with E-state index in [1.54, 1.807) is 19.2 Å². The summed E-state index contributed by atoms with van der Waals surface area (Å²) in [7, 11) is 2.84. The zero-order valence-corrected chi connectivity index (χ0v) is 12.3.